The molecule has 2 N–H and O–H groups in total. The molecule has 0 unspecified atom stereocenters. The lowest BCUT2D eigenvalue weighted by atomic mass is 10.0. The predicted octanol–water partition coefficient (Wildman–Crippen LogP) is 2.68. The van der Waals surface area contributed by atoms with Crippen LogP contribution in [0.2, 0.25) is 0 Å². The average molecular weight is 254 g/mol. The average Bonchev–Trinajstić information content (AvgIpc) is 2.42. The van der Waals surface area contributed by atoms with Crippen LogP contribution in [-0.4, -0.2) is 17.3 Å². The van der Waals surface area contributed by atoms with Crippen molar-refractivity contribution in [2.24, 2.45) is 5.16 Å². The molecule has 0 aliphatic rings. The zero-order valence-corrected chi connectivity index (χ0v) is 10.3. The second-order valence-corrected chi connectivity index (χ2v) is 4.09. The Balaban J connectivity index is 2.00. The molecule has 0 aliphatic heterocycles. The third-order valence-electron chi connectivity index (χ3n) is 2.65. The minimum Gasteiger partial charge on any atom is -0.411 e. The fourth-order valence-corrected chi connectivity index (χ4v) is 1.76. The number of nitrogens with zero attached hydrogens (tertiary/aromatic N) is 1. The lowest BCUT2D eigenvalue weighted by molar-refractivity contribution is -0.110. The van der Waals surface area contributed by atoms with Gasteiger partial charge in [-0.3, -0.25) is 4.79 Å². The molecule has 96 valence electrons. The molecule has 0 atom stereocenters. The molecule has 0 spiro atoms. The van der Waals surface area contributed by atoms with E-state index in [2.05, 4.69) is 22.6 Å². The SMILES string of the molecule is O=C(/C=N\O)Nc1ccc(Cc2ccccc2)cc1. The van der Waals surface area contributed by atoms with E-state index in [1.165, 1.54) is 11.1 Å². The summed E-state index contributed by atoms with van der Waals surface area (Å²) >= 11 is 0. The fourth-order valence-electron chi connectivity index (χ4n) is 1.76. The molecule has 0 bridgehead atoms. The molecule has 0 saturated heterocycles. The highest BCUT2D eigenvalue weighted by atomic mass is 16.4. The van der Waals surface area contributed by atoms with E-state index < -0.39 is 5.91 Å². The van der Waals surface area contributed by atoms with E-state index in [0.29, 0.717) is 5.69 Å². The Bertz CT molecular complexity index is 562. The Morgan fingerprint density at radius 2 is 1.68 bits per heavy atom. The molecule has 2 aromatic rings. The van der Waals surface area contributed by atoms with Crippen LogP contribution in [0, 0.1) is 0 Å². The summed E-state index contributed by atoms with van der Waals surface area (Å²) < 4.78 is 0. The van der Waals surface area contributed by atoms with E-state index in [4.69, 9.17) is 5.21 Å². The Labute approximate surface area is 111 Å². The van der Waals surface area contributed by atoms with Gasteiger partial charge in [-0.15, -0.1) is 0 Å². The lowest BCUT2D eigenvalue weighted by Gasteiger charge is -2.04. The highest BCUT2D eigenvalue weighted by Crippen LogP contribution is 2.13. The first-order chi connectivity index (χ1) is 9.28. The summed E-state index contributed by atoms with van der Waals surface area (Å²) in [6.45, 7) is 0. The second kappa shape index (κ2) is 6.35. The summed E-state index contributed by atoms with van der Waals surface area (Å²) in [6.07, 6.45) is 1.67. The first-order valence-electron chi connectivity index (χ1n) is 5.89. The standard InChI is InChI=1S/C15H14N2O2/c18-15(11-16-19)17-14-8-6-13(7-9-14)10-12-4-2-1-3-5-12/h1-9,11,19H,10H2,(H,17,18)/b16-11-. The highest BCUT2D eigenvalue weighted by molar-refractivity contribution is 6.31. The minimum absolute atomic E-state index is 0.460. The smallest absolute Gasteiger partial charge is 0.270 e. The van der Waals surface area contributed by atoms with Gasteiger partial charge in [0.2, 0.25) is 0 Å². The van der Waals surface area contributed by atoms with E-state index in [1.54, 1.807) is 0 Å². The molecule has 19 heavy (non-hydrogen) atoms. The van der Waals surface area contributed by atoms with Crippen LogP contribution in [0.3, 0.4) is 0 Å². The second-order valence-electron chi connectivity index (χ2n) is 4.09. The number of oxime groups is 1. The fraction of sp³-hybridized carbons (Fsp3) is 0.0667. The molecule has 0 heterocycles. The number of hydrogen-bond acceptors (Lipinski definition) is 3. The van der Waals surface area contributed by atoms with Gasteiger partial charge in [0.05, 0.1) is 0 Å². The summed E-state index contributed by atoms with van der Waals surface area (Å²) in [5.74, 6) is -0.460. The van der Waals surface area contributed by atoms with Crippen LogP contribution in [0.25, 0.3) is 0 Å². The van der Waals surface area contributed by atoms with Gasteiger partial charge in [0.15, 0.2) is 0 Å². The molecular formula is C15H14N2O2. The zero-order valence-electron chi connectivity index (χ0n) is 10.3. The van der Waals surface area contributed by atoms with Gasteiger partial charge in [-0.05, 0) is 29.7 Å². The largest absolute Gasteiger partial charge is 0.411 e. The van der Waals surface area contributed by atoms with Gasteiger partial charge < -0.3 is 10.5 Å². The number of carbonyl (C=O) groups excluding carboxylic acids is 1. The summed E-state index contributed by atoms with van der Waals surface area (Å²) in [5.41, 5.74) is 3.08. The van der Waals surface area contributed by atoms with Crippen molar-refractivity contribution in [3.8, 4) is 0 Å². The first-order valence-corrected chi connectivity index (χ1v) is 5.89. The van der Waals surface area contributed by atoms with Crippen molar-refractivity contribution in [3.63, 3.8) is 0 Å². The number of carbonyl (C=O) groups is 1. The van der Waals surface area contributed by atoms with Gasteiger partial charge in [0.25, 0.3) is 5.91 Å². The molecule has 0 aliphatic carbocycles. The zero-order chi connectivity index (χ0) is 13.5. The van der Waals surface area contributed by atoms with Crippen LogP contribution >= 0.6 is 0 Å². The van der Waals surface area contributed by atoms with Crippen LogP contribution in [0.1, 0.15) is 11.1 Å². The number of hydrogen-bond donors (Lipinski definition) is 2. The van der Waals surface area contributed by atoms with Crippen LogP contribution in [0.15, 0.2) is 59.8 Å². The number of benzene rings is 2. The molecule has 0 radical (unpaired) electrons. The normalized spacial score (nSPS) is 10.5. The van der Waals surface area contributed by atoms with Crippen molar-refractivity contribution in [1.82, 2.24) is 0 Å². The van der Waals surface area contributed by atoms with Crippen molar-refractivity contribution in [2.75, 3.05) is 5.32 Å². The van der Waals surface area contributed by atoms with Gasteiger partial charge in [0, 0.05) is 5.69 Å². The lowest BCUT2D eigenvalue weighted by Crippen LogP contribution is -2.12. The van der Waals surface area contributed by atoms with Gasteiger partial charge >= 0.3 is 0 Å². The summed E-state index contributed by atoms with van der Waals surface area (Å²) in [4.78, 5) is 11.2. The van der Waals surface area contributed by atoms with E-state index in [-0.39, 0.29) is 0 Å². The third-order valence-corrected chi connectivity index (χ3v) is 2.65. The molecule has 0 aromatic heterocycles. The van der Waals surface area contributed by atoms with Crippen molar-refractivity contribution >= 4 is 17.8 Å². The third kappa shape index (κ3) is 3.96. The maximum atomic E-state index is 11.2. The molecule has 4 nitrogen and oxygen atoms in total. The van der Waals surface area contributed by atoms with Crippen molar-refractivity contribution in [2.45, 2.75) is 6.42 Å². The number of nitrogens with one attached hydrogen (secondary N) is 1. The summed E-state index contributed by atoms with van der Waals surface area (Å²) in [5, 5.41) is 13.5. The highest BCUT2D eigenvalue weighted by Gasteiger charge is 2.00. The number of rotatable bonds is 4. The van der Waals surface area contributed by atoms with Gasteiger partial charge in [-0.25, -0.2) is 0 Å². The molecule has 4 heteroatoms. The predicted molar refractivity (Wildman–Crippen MR) is 74.6 cm³/mol. The monoisotopic (exact) mass is 254 g/mol. The Morgan fingerprint density at radius 3 is 2.32 bits per heavy atom. The first kappa shape index (κ1) is 12.8. The topological polar surface area (TPSA) is 61.7 Å². The maximum Gasteiger partial charge on any atom is 0.270 e. The summed E-state index contributed by atoms with van der Waals surface area (Å²) in [6, 6.07) is 17.7. The van der Waals surface area contributed by atoms with E-state index in [1.807, 2.05) is 42.5 Å². The van der Waals surface area contributed by atoms with Gasteiger partial charge in [0.1, 0.15) is 6.21 Å². The van der Waals surface area contributed by atoms with Crippen molar-refractivity contribution in [1.29, 1.82) is 0 Å². The van der Waals surface area contributed by atoms with Gasteiger partial charge in [-0.2, -0.15) is 0 Å². The van der Waals surface area contributed by atoms with Gasteiger partial charge in [-0.1, -0.05) is 47.6 Å². The van der Waals surface area contributed by atoms with Crippen LogP contribution in [-0.2, 0) is 11.2 Å². The quantitative estimate of drug-likeness (QED) is 0.500. The van der Waals surface area contributed by atoms with Crippen LogP contribution < -0.4 is 5.32 Å². The maximum absolute atomic E-state index is 11.2. The summed E-state index contributed by atoms with van der Waals surface area (Å²) in [7, 11) is 0. The number of anilines is 1. The molecule has 2 rings (SSSR count). The molecular weight excluding hydrogens is 240 g/mol. The minimum atomic E-state index is -0.460. The Hall–Kier alpha value is -2.62. The van der Waals surface area contributed by atoms with Crippen LogP contribution in [0.4, 0.5) is 5.69 Å². The van der Waals surface area contributed by atoms with Crippen molar-refractivity contribution < 1.29 is 10.0 Å². The molecule has 0 saturated carbocycles. The van der Waals surface area contributed by atoms with E-state index in [0.717, 1.165) is 12.6 Å². The Morgan fingerprint density at radius 1 is 1.05 bits per heavy atom. The van der Waals surface area contributed by atoms with Crippen molar-refractivity contribution in [3.05, 3.63) is 65.7 Å². The Kier molecular flexibility index (Phi) is 4.29. The van der Waals surface area contributed by atoms with E-state index >= 15 is 0 Å². The molecule has 2 aromatic carbocycles. The van der Waals surface area contributed by atoms with Crippen LogP contribution in [0.5, 0.6) is 0 Å². The van der Waals surface area contributed by atoms with E-state index in [9.17, 15) is 4.79 Å². The number of amides is 1. The molecule has 0 fully saturated rings. The molecule has 1 amide bonds.